The highest BCUT2D eigenvalue weighted by molar-refractivity contribution is 6.35. The number of nitrogens with one attached hydrogen (secondary N) is 1. The Morgan fingerprint density at radius 2 is 1.90 bits per heavy atom. The first-order valence-corrected chi connectivity index (χ1v) is 9.97. The van der Waals surface area contributed by atoms with Crippen molar-refractivity contribution in [1.29, 1.82) is 0 Å². The van der Waals surface area contributed by atoms with Crippen molar-refractivity contribution in [3.8, 4) is 5.88 Å². The van der Waals surface area contributed by atoms with Gasteiger partial charge in [-0.3, -0.25) is 19.2 Å². The summed E-state index contributed by atoms with van der Waals surface area (Å²) < 4.78 is 6.75. The number of rotatable bonds is 6. The van der Waals surface area contributed by atoms with Crippen LogP contribution in [0.2, 0.25) is 10.0 Å². The van der Waals surface area contributed by atoms with E-state index in [4.69, 9.17) is 27.9 Å². The standard InChI is InChI=1S/C19H23Cl2N5O3/c1-24-12-15(18(23-24)29-2)19(28)26-9-7-25(8-10-26)6-5-22-17(27)14-11-13(20)3-4-16(14)21/h3-4,11-12H,5-10H2,1-2H3,(H,22,27). The third-order valence-corrected chi connectivity index (χ3v) is 5.33. The summed E-state index contributed by atoms with van der Waals surface area (Å²) in [4.78, 5) is 29.0. The van der Waals surface area contributed by atoms with E-state index in [1.165, 1.54) is 7.11 Å². The number of aryl methyl sites for hydroxylation is 1. The fraction of sp³-hybridized carbons (Fsp3) is 0.421. The maximum atomic E-state index is 12.7. The van der Waals surface area contributed by atoms with E-state index in [-0.39, 0.29) is 11.8 Å². The molecule has 1 fully saturated rings. The molecule has 8 nitrogen and oxygen atoms in total. The van der Waals surface area contributed by atoms with Crippen LogP contribution >= 0.6 is 23.2 Å². The summed E-state index contributed by atoms with van der Waals surface area (Å²) in [5, 5.41) is 7.82. The average Bonchev–Trinajstić information content (AvgIpc) is 3.10. The lowest BCUT2D eigenvalue weighted by Crippen LogP contribution is -2.50. The first kappa shape index (κ1) is 21.4. The second-order valence-corrected chi connectivity index (χ2v) is 7.58. The number of piperazine rings is 1. The van der Waals surface area contributed by atoms with Crippen LogP contribution in [0.25, 0.3) is 0 Å². The Hall–Kier alpha value is -2.29. The Kier molecular flexibility index (Phi) is 7.00. The Morgan fingerprint density at radius 3 is 2.59 bits per heavy atom. The number of carbonyl (C=O) groups excluding carboxylic acids is 2. The van der Waals surface area contributed by atoms with Crippen LogP contribution in [-0.2, 0) is 7.05 Å². The quantitative estimate of drug-likeness (QED) is 0.743. The van der Waals surface area contributed by atoms with Crippen LogP contribution in [0.15, 0.2) is 24.4 Å². The topological polar surface area (TPSA) is 79.7 Å². The van der Waals surface area contributed by atoms with Crippen molar-refractivity contribution in [2.75, 3.05) is 46.4 Å². The van der Waals surface area contributed by atoms with Gasteiger partial charge in [-0.1, -0.05) is 23.2 Å². The summed E-state index contributed by atoms with van der Waals surface area (Å²) in [6.07, 6.45) is 1.67. The van der Waals surface area contributed by atoms with Gasteiger partial charge in [0, 0.05) is 57.5 Å². The molecule has 2 aromatic rings. The summed E-state index contributed by atoms with van der Waals surface area (Å²) in [6.45, 7) is 3.81. The molecule has 0 atom stereocenters. The molecule has 0 unspecified atom stereocenters. The van der Waals surface area contributed by atoms with Gasteiger partial charge in [0.15, 0.2) is 0 Å². The molecule has 1 aliphatic rings. The van der Waals surface area contributed by atoms with E-state index < -0.39 is 0 Å². The van der Waals surface area contributed by atoms with Crippen molar-refractivity contribution in [2.24, 2.45) is 7.05 Å². The minimum Gasteiger partial charge on any atom is -0.479 e. The minimum absolute atomic E-state index is 0.0847. The SMILES string of the molecule is COc1nn(C)cc1C(=O)N1CCN(CCNC(=O)c2cc(Cl)ccc2Cl)CC1. The van der Waals surface area contributed by atoms with Gasteiger partial charge in [-0.05, 0) is 18.2 Å². The number of amides is 2. The maximum absolute atomic E-state index is 12.7. The highest BCUT2D eigenvalue weighted by Crippen LogP contribution is 2.20. The number of carbonyl (C=O) groups is 2. The summed E-state index contributed by atoms with van der Waals surface area (Å²) in [5.41, 5.74) is 0.828. The zero-order valence-corrected chi connectivity index (χ0v) is 17.8. The Morgan fingerprint density at radius 1 is 1.17 bits per heavy atom. The zero-order chi connectivity index (χ0) is 21.0. The highest BCUT2D eigenvalue weighted by atomic mass is 35.5. The summed E-state index contributed by atoms with van der Waals surface area (Å²) in [7, 11) is 3.25. The predicted octanol–water partition coefficient (Wildman–Crippen LogP) is 1.92. The Balaban J connectivity index is 1.46. The van der Waals surface area contributed by atoms with Crippen LogP contribution in [0.4, 0.5) is 0 Å². The van der Waals surface area contributed by atoms with E-state index in [2.05, 4.69) is 15.3 Å². The molecule has 0 spiro atoms. The van der Waals surface area contributed by atoms with Gasteiger partial charge in [-0.2, -0.15) is 0 Å². The van der Waals surface area contributed by atoms with Gasteiger partial charge in [0.05, 0.1) is 17.7 Å². The number of methoxy groups -OCH3 is 1. The molecule has 2 heterocycles. The van der Waals surface area contributed by atoms with Gasteiger partial charge in [0.1, 0.15) is 5.56 Å². The largest absolute Gasteiger partial charge is 0.479 e. The molecular formula is C19H23Cl2N5O3. The molecule has 3 rings (SSSR count). The Labute approximate surface area is 179 Å². The molecule has 29 heavy (non-hydrogen) atoms. The van der Waals surface area contributed by atoms with Gasteiger partial charge in [-0.25, -0.2) is 0 Å². The smallest absolute Gasteiger partial charge is 0.261 e. The molecule has 2 amide bonds. The molecule has 1 saturated heterocycles. The normalized spacial score (nSPS) is 14.7. The third kappa shape index (κ3) is 5.20. The molecule has 1 aromatic carbocycles. The van der Waals surface area contributed by atoms with Crippen molar-refractivity contribution in [2.45, 2.75) is 0 Å². The number of ether oxygens (including phenoxy) is 1. The van der Waals surface area contributed by atoms with Crippen molar-refractivity contribution >= 4 is 35.0 Å². The minimum atomic E-state index is -0.255. The maximum Gasteiger partial charge on any atom is 0.261 e. The molecule has 0 aliphatic carbocycles. The van der Waals surface area contributed by atoms with Crippen LogP contribution in [0.1, 0.15) is 20.7 Å². The average molecular weight is 440 g/mol. The van der Waals surface area contributed by atoms with Gasteiger partial charge < -0.3 is 15.0 Å². The predicted molar refractivity (Wildman–Crippen MR) is 111 cm³/mol. The van der Waals surface area contributed by atoms with E-state index in [1.54, 1.807) is 41.0 Å². The fourth-order valence-corrected chi connectivity index (χ4v) is 3.58. The molecule has 0 saturated carbocycles. The number of halogens is 2. The lowest BCUT2D eigenvalue weighted by atomic mass is 10.2. The molecule has 0 radical (unpaired) electrons. The lowest BCUT2D eigenvalue weighted by molar-refractivity contribution is 0.0635. The number of nitrogens with zero attached hydrogens (tertiary/aromatic N) is 4. The van der Waals surface area contributed by atoms with Gasteiger partial charge in [-0.15, -0.1) is 5.10 Å². The van der Waals surface area contributed by atoms with Gasteiger partial charge in [0.2, 0.25) is 5.88 Å². The zero-order valence-electron chi connectivity index (χ0n) is 16.3. The highest BCUT2D eigenvalue weighted by Gasteiger charge is 2.26. The number of benzene rings is 1. The summed E-state index contributed by atoms with van der Waals surface area (Å²) in [5.74, 6) is -0.00388. The van der Waals surface area contributed by atoms with Crippen molar-refractivity contribution in [3.05, 3.63) is 45.6 Å². The molecule has 0 bridgehead atoms. The van der Waals surface area contributed by atoms with E-state index in [9.17, 15) is 9.59 Å². The molecular weight excluding hydrogens is 417 g/mol. The second-order valence-electron chi connectivity index (χ2n) is 6.74. The van der Waals surface area contributed by atoms with E-state index in [0.717, 1.165) is 13.1 Å². The van der Waals surface area contributed by atoms with Crippen LogP contribution in [0.5, 0.6) is 5.88 Å². The van der Waals surface area contributed by atoms with Crippen molar-refractivity contribution < 1.29 is 14.3 Å². The summed E-state index contributed by atoms with van der Waals surface area (Å²) >= 11 is 12.0. The van der Waals surface area contributed by atoms with E-state index in [0.29, 0.717) is 53.2 Å². The number of hydrogen-bond acceptors (Lipinski definition) is 5. The first-order chi connectivity index (χ1) is 13.9. The summed E-state index contributed by atoms with van der Waals surface area (Å²) in [6, 6.07) is 4.80. The van der Waals surface area contributed by atoms with Gasteiger partial charge in [0.25, 0.3) is 11.8 Å². The molecule has 1 aliphatic heterocycles. The van der Waals surface area contributed by atoms with Crippen molar-refractivity contribution in [1.82, 2.24) is 24.9 Å². The van der Waals surface area contributed by atoms with Crippen molar-refractivity contribution in [3.63, 3.8) is 0 Å². The van der Waals surface area contributed by atoms with Crippen LogP contribution in [0.3, 0.4) is 0 Å². The molecule has 1 N–H and O–H groups in total. The molecule has 156 valence electrons. The monoisotopic (exact) mass is 439 g/mol. The number of hydrogen-bond donors (Lipinski definition) is 1. The van der Waals surface area contributed by atoms with Crippen LogP contribution in [-0.4, -0.2) is 77.8 Å². The fourth-order valence-electron chi connectivity index (χ4n) is 3.20. The second kappa shape index (κ2) is 9.47. The molecule has 1 aromatic heterocycles. The van der Waals surface area contributed by atoms with E-state index in [1.807, 2.05) is 0 Å². The third-order valence-electron chi connectivity index (χ3n) is 4.76. The van der Waals surface area contributed by atoms with Gasteiger partial charge >= 0.3 is 0 Å². The van der Waals surface area contributed by atoms with E-state index >= 15 is 0 Å². The first-order valence-electron chi connectivity index (χ1n) is 9.21. The number of aromatic nitrogens is 2. The van der Waals surface area contributed by atoms with Crippen LogP contribution in [0, 0.1) is 0 Å². The lowest BCUT2D eigenvalue weighted by Gasteiger charge is -2.34. The molecule has 10 heteroatoms. The van der Waals surface area contributed by atoms with Crippen LogP contribution < -0.4 is 10.1 Å². The Bertz CT molecular complexity index is 894.